The Morgan fingerprint density at radius 1 is 1.00 bits per heavy atom. The first-order valence-corrected chi connectivity index (χ1v) is 7.51. The number of benzene rings is 2. The van der Waals surface area contributed by atoms with Crippen molar-refractivity contribution >= 4 is 29.8 Å². The Labute approximate surface area is 113 Å². The summed E-state index contributed by atoms with van der Waals surface area (Å²) in [6, 6.07) is 18.0. The van der Waals surface area contributed by atoms with Crippen LogP contribution < -0.4 is 8.92 Å². The normalized spacial score (nSPS) is 10.1. The summed E-state index contributed by atoms with van der Waals surface area (Å²) in [7, 11) is 0. The second kappa shape index (κ2) is 6.39. The van der Waals surface area contributed by atoms with Gasteiger partial charge in [-0.1, -0.05) is 0 Å². The fraction of sp³-hybridized carbons (Fsp3) is 0.133. The Morgan fingerprint density at radius 2 is 1.61 bits per heavy atom. The van der Waals surface area contributed by atoms with Crippen LogP contribution in [0.25, 0.3) is 0 Å². The molecule has 0 fully saturated rings. The molecule has 0 unspecified atom stereocenters. The molecule has 0 atom stereocenters. The van der Waals surface area contributed by atoms with Crippen LogP contribution in [0.4, 0.5) is 0 Å². The first kappa shape index (κ1) is 12.9. The van der Waals surface area contributed by atoms with Crippen molar-refractivity contribution in [2.75, 3.05) is 6.61 Å². The van der Waals surface area contributed by atoms with Crippen LogP contribution in [-0.2, 0) is 4.74 Å². The van der Waals surface area contributed by atoms with E-state index in [1.807, 2.05) is 49.4 Å². The third kappa shape index (κ3) is 3.46. The average molecular weight is 305 g/mol. The number of hydrogen-bond donors (Lipinski definition) is 0. The molecule has 3 heteroatoms. The van der Waals surface area contributed by atoms with Gasteiger partial charge in [-0.15, -0.1) is 0 Å². The zero-order chi connectivity index (χ0) is 12.8. The van der Waals surface area contributed by atoms with Crippen LogP contribution in [-0.4, -0.2) is 27.5 Å². The zero-order valence-electron chi connectivity index (χ0n) is 10.1. The van der Waals surface area contributed by atoms with Gasteiger partial charge < -0.3 is 0 Å². The fourth-order valence-electron chi connectivity index (χ4n) is 1.50. The van der Waals surface area contributed by atoms with Gasteiger partial charge in [0.05, 0.1) is 0 Å². The molecule has 0 saturated carbocycles. The van der Waals surface area contributed by atoms with Gasteiger partial charge in [-0.05, 0) is 0 Å². The van der Waals surface area contributed by atoms with E-state index in [0.717, 1.165) is 0 Å². The van der Waals surface area contributed by atoms with Gasteiger partial charge in [0.15, 0.2) is 0 Å². The minimum absolute atomic E-state index is 0.253. The van der Waals surface area contributed by atoms with E-state index >= 15 is 0 Å². The van der Waals surface area contributed by atoms with Crippen LogP contribution in [0.15, 0.2) is 54.6 Å². The zero-order valence-corrected chi connectivity index (χ0v) is 11.8. The number of ether oxygens (including phenoxy) is 1. The summed E-state index contributed by atoms with van der Waals surface area (Å²) in [6.07, 6.45) is 0. The summed E-state index contributed by atoms with van der Waals surface area (Å²) < 4.78 is 7.53. The molecular weight excluding hydrogens is 291 g/mol. The van der Waals surface area contributed by atoms with Gasteiger partial charge in [-0.3, -0.25) is 0 Å². The van der Waals surface area contributed by atoms with E-state index in [-0.39, 0.29) is 20.9 Å². The van der Waals surface area contributed by atoms with Crippen molar-refractivity contribution in [2.45, 2.75) is 6.92 Å². The third-order valence-corrected chi connectivity index (χ3v) is 4.48. The van der Waals surface area contributed by atoms with Gasteiger partial charge in [0.1, 0.15) is 0 Å². The first-order valence-electron chi connectivity index (χ1n) is 5.79. The molecule has 0 radical (unpaired) electrons. The SMILES string of the molecule is CCOC(=O)c1ccc([Se]c2ccccc2)cc1. The van der Waals surface area contributed by atoms with E-state index in [1.54, 1.807) is 0 Å². The van der Waals surface area contributed by atoms with E-state index in [1.165, 1.54) is 8.92 Å². The predicted molar refractivity (Wildman–Crippen MR) is 73.9 cm³/mol. The Bertz CT molecular complexity index is 506. The Hall–Kier alpha value is -1.57. The number of carbonyl (C=O) groups is 1. The maximum absolute atomic E-state index is 11.5. The van der Waals surface area contributed by atoms with Crippen LogP contribution in [0, 0.1) is 0 Å². The van der Waals surface area contributed by atoms with E-state index < -0.39 is 0 Å². The standard InChI is InChI=1S/C15H14O2Se/c1-2-17-15(16)12-8-10-14(11-9-12)18-13-6-4-3-5-7-13/h3-11H,2H2,1H3. The maximum atomic E-state index is 11.5. The quantitative estimate of drug-likeness (QED) is 0.632. The number of hydrogen-bond acceptors (Lipinski definition) is 2. The van der Waals surface area contributed by atoms with Crippen LogP contribution in [0.5, 0.6) is 0 Å². The van der Waals surface area contributed by atoms with E-state index in [2.05, 4.69) is 12.1 Å². The minimum atomic E-state index is -0.253. The number of esters is 1. The van der Waals surface area contributed by atoms with E-state index in [0.29, 0.717) is 12.2 Å². The van der Waals surface area contributed by atoms with Crippen LogP contribution in [0.1, 0.15) is 17.3 Å². The molecule has 2 aromatic rings. The molecule has 0 saturated heterocycles. The summed E-state index contributed by atoms with van der Waals surface area (Å²) >= 11 is 0.286. The summed E-state index contributed by atoms with van der Waals surface area (Å²) in [4.78, 5) is 11.5. The third-order valence-electron chi connectivity index (χ3n) is 2.34. The Kier molecular flexibility index (Phi) is 4.57. The fourth-order valence-corrected chi connectivity index (χ4v) is 3.26. The molecule has 2 nitrogen and oxygen atoms in total. The Balaban J connectivity index is 2.06. The summed E-state index contributed by atoms with van der Waals surface area (Å²) in [6.45, 7) is 2.22. The molecule has 0 N–H and O–H groups in total. The van der Waals surface area contributed by atoms with Crippen molar-refractivity contribution in [1.29, 1.82) is 0 Å². The molecular formula is C15H14O2Se. The second-order valence-corrected chi connectivity index (χ2v) is 6.07. The Morgan fingerprint density at radius 3 is 2.22 bits per heavy atom. The van der Waals surface area contributed by atoms with Crippen molar-refractivity contribution in [3.05, 3.63) is 60.2 Å². The summed E-state index contributed by atoms with van der Waals surface area (Å²) in [5.41, 5.74) is 0.615. The van der Waals surface area contributed by atoms with E-state index in [4.69, 9.17) is 4.74 Å². The van der Waals surface area contributed by atoms with Crippen LogP contribution >= 0.6 is 0 Å². The first-order chi connectivity index (χ1) is 8.79. The van der Waals surface area contributed by atoms with Gasteiger partial charge >= 0.3 is 113 Å². The molecule has 0 amide bonds. The van der Waals surface area contributed by atoms with Gasteiger partial charge in [0.25, 0.3) is 0 Å². The van der Waals surface area contributed by atoms with Gasteiger partial charge in [0, 0.05) is 0 Å². The molecule has 0 aliphatic heterocycles. The van der Waals surface area contributed by atoms with Crippen molar-refractivity contribution in [3.8, 4) is 0 Å². The van der Waals surface area contributed by atoms with Crippen molar-refractivity contribution in [1.82, 2.24) is 0 Å². The molecule has 0 aliphatic rings. The molecule has 2 aromatic carbocycles. The van der Waals surface area contributed by atoms with Gasteiger partial charge in [-0.2, -0.15) is 0 Å². The summed E-state index contributed by atoms with van der Waals surface area (Å²) in [5.74, 6) is -0.253. The predicted octanol–water partition coefficient (Wildman–Crippen LogP) is 1.52. The molecule has 92 valence electrons. The number of rotatable bonds is 4. The molecule has 0 heterocycles. The van der Waals surface area contributed by atoms with Gasteiger partial charge in [0.2, 0.25) is 0 Å². The van der Waals surface area contributed by atoms with Gasteiger partial charge in [-0.25, -0.2) is 0 Å². The summed E-state index contributed by atoms with van der Waals surface area (Å²) in [5, 5.41) is 0. The molecule has 0 aliphatic carbocycles. The molecule has 18 heavy (non-hydrogen) atoms. The van der Waals surface area contributed by atoms with E-state index in [9.17, 15) is 4.79 Å². The van der Waals surface area contributed by atoms with Crippen molar-refractivity contribution < 1.29 is 9.53 Å². The average Bonchev–Trinajstić information content (AvgIpc) is 2.41. The second-order valence-electron chi connectivity index (χ2n) is 3.66. The topological polar surface area (TPSA) is 26.3 Å². The monoisotopic (exact) mass is 306 g/mol. The molecule has 0 spiro atoms. The van der Waals surface area contributed by atoms with Crippen molar-refractivity contribution in [3.63, 3.8) is 0 Å². The van der Waals surface area contributed by atoms with Crippen LogP contribution in [0.2, 0.25) is 0 Å². The molecule has 0 bridgehead atoms. The van der Waals surface area contributed by atoms with Crippen LogP contribution in [0.3, 0.4) is 0 Å². The van der Waals surface area contributed by atoms with Crippen molar-refractivity contribution in [2.24, 2.45) is 0 Å². The molecule has 2 rings (SSSR count). The number of carbonyl (C=O) groups excluding carboxylic acids is 1. The molecule has 0 aromatic heterocycles.